The number of nitrogens with zero attached hydrogens (tertiary/aromatic N) is 4. The number of hydrogen-bond acceptors (Lipinski definition) is 6. The maximum Gasteiger partial charge on any atom is 0.280 e. The number of anilines is 1. The predicted octanol–water partition coefficient (Wildman–Crippen LogP) is 2.54. The van der Waals surface area contributed by atoms with Crippen molar-refractivity contribution in [2.45, 2.75) is 0 Å². The van der Waals surface area contributed by atoms with E-state index in [-0.39, 0.29) is 11.7 Å². The first-order chi connectivity index (χ1) is 9.25. The van der Waals surface area contributed by atoms with E-state index in [4.69, 9.17) is 10.3 Å². The van der Waals surface area contributed by atoms with Gasteiger partial charge in [-0.25, -0.2) is 9.97 Å². The van der Waals surface area contributed by atoms with Crippen molar-refractivity contribution in [3.8, 4) is 23.0 Å². The fourth-order valence-corrected chi connectivity index (χ4v) is 2.05. The minimum atomic E-state index is 0.247. The van der Waals surface area contributed by atoms with E-state index in [1.54, 1.807) is 0 Å². The largest absolute Gasteiger partial charge is 0.382 e. The van der Waals surface area contributed by atoms with Crippen LogP contribution in [-0.4, -0.2) is 20.1 Å². The normalized spacial score (nSPS) is 10.6. The summed E-state index contributed by atoms with van der Waals surface area (Å²) in [5.74, 6) is 0.966. The highest BCUT2D eigenvalue weighted by Crippen LogP contribution is 2.28. The van der Waals surface area contributed by atoms with E-state index in [1.165, 1.54) is 12.4 Å². The molecule has 0 fully saturated rings. The molecule has 2 aromatic heterocycles. The molecule has 0 aliphatic heterocycles. The number of nitrogen functional groups attached to an aromatic ring is 1. The Labute approximate surface area is 116 Å². The van der Waals surface area contributed by atoms with Crippen LogP contribution in [0.1, 0.15) is 0 Å². The van der Waals surface area contributed by atoms with E-state index in [2.05, 4.69) is 36.0 Å². The molecular formula is C12H8BrN5O. The van der Waals surface area contributed by atoms with E-state index in [0.29, 0.717) is 11.5 Å². The Hall–Kier alpha value is -2.28. The van der Waals surface area contributed by atoms with Crippen LogP contribution < -0.4 is 5.73 Å². The van der Waals surface area contributed by atoms with Crippen LogP contribution in [0.4, 0.5) is 5.82 Å². The minimum absolute atomic E-state index is 0.247. The molecular weight excluding hydrogens is 310 g/mol. The highest BCUT2D eigenvalue weighted by molar-refractivity contribution is 9.10. The Kier molecular flexibility index (Phi) is 2.96. The second kappa shape index (κ2) is 4.77. The third-order valence-corrected chi connectivity index (χ3v) is 3.16. The Morgan fingerprint density at radius 2 is 1.89 bits per heavy atom. The second-order valence-electron chi connectivity index (χ2n) is 3.69. The molecule has 0 spiro atoms. The van der Waals surface area contributed by atoms with Gasteiger partial charge in [-0.3, -0.25) is 0 Å². The predicted molar refractivity (Wildman–Crippen MR) is 72.9 cm³/mol. The zero-order chi connectivity index (χ0) is 13.2. The number of rotatable bonds is 2. The van der Waals surface area contributed by atoms with Gasteiger partial charge in [-0.1, -0.05) is 33.2 Å². The highest BCUT2D eigenvalue weighted by atomic mass is 79.9. The van der Waals surface area contributed by atoms with Gasteiger partial charge in [-0.05, 0) is 12.1 Å². The molecule has 2 heterocycles. The van der Waals surface area contributed by atoms with Gasteiger partial charge in [0.05, 0.1) is 0 Å². The van der Waals surface area contributed by atoms with Crippen LogP contribution in [0.3, 0.4) is 0 Å². The Balaban J connectivity index is 2.06. The summed E-state index contributed by atoms with van der Waals surface area (Å²) in [5, 5.41) is 3.93. The monoisotopic (exact) mass is 317 g/mol. The van der Waals surface area contributed by atoms with Gasteiger partial charge < -0.3 is 10.3 Å². The topological polar surface area (TPSA) is 90.7 Å². The summed E-state index contributed by atoms with van der Waals surface area (Å²) >= 11 is 3.44. The SMILES string of the molecule is Nc1nccnc1-c1nc(-c2ccccc2Br)no1. The van der Waals surface area contributed by atoms with Gasteiger partial charge in [-0.15, -0.1) is 0 Å². The Morgan fingerprint density at radius 3 is 2.68 bits per heavy atom. The molecule has 3 aromatic rings. The van der Waals surface area contributed by atoms with Crippen molar-refractivity contribution in [1.82, 2.24) is 20.1 Å². The molecule has 0 aliphatic carbocycles. The minimum Gasteiger partial charge on any atom is -0.382 e. The lowest BCUT2D eigenvalue weighted by atomic mass is 10.2. The molecule has 0 bridgehead atoms. The summed E-state index contributed by atoms with van der Waals surface area (Å²) in [6, 6.07) is 7.60. The summed E-state index contributed by atoms with van der Waals surface area (Å²) in [6.07, 6.45) is 3.03. The standard InChI is InChI=1S/C12H8BrN5O/c13-8-4-2-1-3-7(8)11-17-12(19-18-11)9-10(14)16-6-5-15-9/h1-6H,(H2,14,16). The van der Waals surface area contributed by atoms with Gasteiger partial charge >= 0.3 is 0 Å². The highest BCUT2D eigenvalue weighted by Gasteiger charge is 2.15. The molecule has 0 aliphatic rings. The van der Waals surface area contributed by atoms with E-state index >= 15 is 0 Å². The van der Waals surface area contributed by atoms with E-state index in [1.807, 2.05) is 24.3 Å². The van der Waals surface area contributed by atoms with Gasteiger partial charge in [0.2, 0.25) is 5.82 Å². The molecule has 0 saturated heterocycles. The van der Waals surface area contributed by atoms with Gasteiger partial charge in [0.25, 0.3) is 5.89 Å². The van der Waals surface area contributed by atoms with Crippen LogP contribution in [0, 0.1) is 0 Å². The molecule has 0 saturated carbocycles. The number of benzene rings is 1. The number of aromatic nitrogens is 4. The average Bonchev–Trinajstić information content (AvgIpc) is 2.89. The lowest BCUT2D eigenvalue weighted by Gasteiger charge is -1.97. The molecule has 7 heteroatoms. The summed E-state index contributed by atoms with van der Waals surface area (Å²) in [7, 11) is 0. The zero-order valence-electron chi connectivity index (χ0n) is 9.62. The van der Waals surface area contributed by atoms with Crippen LogP contribution in [0.2, 0.25) is 0 Å². The molecule has 3 rings (SSSR count). The number of hydrogen-bond donors (Lipinski definition) is 1. The third kappa shape index (κ3) is 2.19. The van der Waals surface area contributed by atoms with Crippen molar-refractivity contribution >= 4 is 21.7 Å². The Morgan fingerprint density at radius 1 is 1.11 bits per heavy atom. The van der Waals surface area contributed by atoms with Gasteiger partial charge in [0, 0.05) is 22.4 Å². The second-order valence-corrected chi connectivity index (χ2v) is 4.55. The average molecular weight is 318 g/mol. The fourth-order valence-electron chi connectivity index (χ4n) is 1.59. The van der Waals surface area contributed by atoms with Gasteiger partial charge in [-0.2, -0.15) is 4.98 Å². The first-order valence-electron chi connectivity index (χ1n) is 5.41. The summed E-state index contributed by atoms with van der Waals surface area (Å²) in [5.41, 5.74) is 6.94. The van der Waals surface area contributed by atoms with Crippen LogP contribution in [0.25, 0.3) is 23.0 Å². The quantitative estimate of drug-likeness (QED) is 0.781. The van der Waals surface area contributed by atoms with E-state index in [9.17, 15) is 0 Å². The van der Waals surface area contributed by atoms with Crippen LogP contribution >= 0.6 is 15.9 Å². The smallest absolute Gasteiger partial charge is 0.280 e. The van der Waals surface area contributed by atoms with Crippen molar-refractivity contribution in [3.05, 3.63) is 41.1 Å². The lowest BCUT2D eigenvalue weighted by molar-refractivity contribution is 0.431. The van der Waals surface area contributed by atoms with Crippen molar-refractivity contribution in [2.24, 2.45) is 0 Å². The van der Waals surface area contributed by atoms with Crippen LogP contribution in [0.15, 0.2) is 45.7 Å². The number of nitrogens with two attached hydrogens (primary N) is 1. The van der Waals surface area contributed by atoms with Crippen LogP contribution in [-0.2, 0) is 0 Å². The molecule has 0 unspecified atom stereocenters. The van der Waals surface area contributed by atoms with E-state index < -0.39 is 0 Å². The Bertz CT molecular complexity index is 667. The first kappa shape index (κ1) is 11.8. The lowest BCUT2D eigenvalue weighted by Crippen LogP contribution is -1.96. The summed E-state index contributed by atoms with van der Waals surface area (Å²) < 4.78 is 6.06. The summed E-state index contributed by atoms with van der Waals surface area (Å²) in [4.78, 5) is 12.3. The number of halogens is 1. The fraction of sp³-hybridized carbons (Fsp3) is 0. The molecule has 0 amide bonds. The van der Waals surface area contributed by atoms with Gasteiger partial charge in [0.1, 0.15) is 0 Å². The first-order valence-corrected chi connectivity index (χ1v) is 6.20. The van der Waals surface area contributed by atoms with Crippen molar-refractivity contribution < 1.29 is 4.52 Å². The molecule has 0 atom stereocenters. The third-order valence-electron chi connectivity index (χ3n) is 2.47. The molecule has 19 heavy (non-hydrogen) atoms. The van der Waals surface area contributed by atoms with Crippen molar-refractivity contribution in [3.63, 3.8) is 0 Å². The maximum absolute atomic E-state index is 5.72. The molecule has 94 valence electrons. The zero-order valence-corrected chi connectivity index (χ0v) is 11.2. The van der Waals surface area contributed by atoms with Crippen molar-refractivity contribution in [2.75, 3.05) is 5.73 Å². The van der Waals surface area contributed by atoms with Gasteiger partial charge in [0.15, 0.2) is 11.5 Å². The molecule has 1 aromatic carbocycles. The molecule has 0 radical (unpaired) electrons. The van der Waals surface area contributed by atoms with E-state index in [0.717, 1.165) is 10.0 Å². The maximum atomic E-state index is 5.72. The molecule has 6 nitrogen and oxygen atoms in total. The van der Waals surface area contributed by atoms with Crippen molar-refractivity contribution in [1.29, 1.82) is 0 Å². The van der Waals surface area contributed by atoms with Crippen LogP contribution in [0.5, 0.6) is 0 Å². The summed E-state index contributed by atoms with van der Waals surface area (Å²) in [6.45, 7) is 0. The molecule has 2 N–H and O–H groups in total.